The Hall–Kier alpha value is -3.86. The maximum absolute atomic E-state index is 12.6. The van der Waals surface area contributed by atoms with E-state index in [1.807, 2.05) is 53.9 Å². The van der Waals surface area contributed by atoms with Crippen LogP contribution in [0.5, 0.6) is 0 Å². The third kappa shape index (κ3) is 4.72. The number of nitrogens with one attached hydrogen (secondary N) is 3. The Labute approximate surface area is 205 Å². The first-order chi connectivity index (χ1) is 17.2. The van der Waals surface area contributed by atoms with Gasteiger partial charge in [0.25, 0.3) is 0 Å². The Bertz CT molecular complexity index is 1510. The van der Waals surface area contributed by atoms with E-state index in [1.165, 1.54) is 0 Å². The number of carbonyl (C=O) groups is 1. The van der Waals surface area contributed by atoms with Crippen LogP contribution in [-0.4, -0.2) is 63.8 Å². The van der Waals surface area contributed by atoms with Crippen molar-refractivity contribution in [1.82, 2.24) is 25.1 Å². The molecule has 1 amide bonds. The summed E-state index contributed by atoms with van der Waals surface area (Å²) in [6, 6.07) is 15.6. The molecule has 3 aromatic heterocycles. The lowest BCUT2D eigenvalue weighted by atomic mass is 10.2. The highest BCUT2D eigenvalue weighted by Crippen LogP contribution is 2.32. The monoisotopic (exact) mass is 485 g/mol. The van der Waals surface area contributed by atoms with Crippen LogP contribution in [0.15, 0.2) is 60.1 Å². The maximum atomic E-state index is 12.6. The Morgan fingerprint density at radius 3 is 2.91 bits per heavy atom. The zero-order chi connectivity index (χ0) is 23.6. The minimum Gasteiger partial charge on any atom is -0.379 e. The van der Waals surface area contributed by atoms with Gasteiger partial charge in [-0.15, -0.1) is 11.3 Å². The van der Waals surface area contributed by atoms with E-state index in [-0.39, 0.29) is 5.91 Å². The number of hydrogen-bond acceptors (Lipinski definition) is 8. The Morgan fingerprint density at radius 1 is 1.09 bits per heavy atom. The number of anilines is 3. The number of amides is 1. The van der Waals surface area contributed by atoms with Crippen molar-refractivity contribution < 1.29 is 9.53 Å². The average molecular weight is 486 g/mol. The van der Waals surface area contributed by atoms with E-state index in [9.17, 15) is 4.79 Å². The van der Waals surface area contributed by atoms with Crippen LogP contribution in [0, 0.1) is 0 Å². The van der Waals surface area contributed by atoms with E-state index >= 15 is 0 Å². The van der Waals surface area contributed by atoms with E-state index in [1.54, 1.807) is 17.5 Å². The second-order valence-electron chi connectivity index (χ2n) is 8.35. The number of morpholine rings is 1. The van der Waals surface area contributed by atoms with Crippen molar-refractivity contribution >= 4 is 55.6 Å². The van der Waals surface area contributed by atoms with Gasteiger partial charge in [0.1, 0.15) is 0 Å². The third-order valence-corrected chi connectivity index (χ3v) is 6.79. The first kappa shape index (κ1) is 21.7. The standard InChI is InChI=1S/C25H23N7O2S/c33-22(15-32-7-9-34-10-8-32)27-18-3-1-2-16(12-18)24-29-21-6-11-35-23(21)25(30-24)28-19-4-5-20-17(13-19)14-26-31-20/h1-6,11-14H,7-10,15H2,(H,26,31)(H,27,33)(H,28,29,30). The molecule has 4 heterocycles. The number of carbonyl (C=O) groups excluding carboxylic acids is 1. The average Bonchev–Trinajstić information content (AvgIpc) is 3.54. The van der Waals surface area contributed by atoms with Crippen LogP contribution >= 0.6 is 11.3 Å². The lowest BCUT2D eigenvalue weighted by molar-refractivity contribution is -0.118. The quantitative estimate of drug-likeness (QED) is 0.330. The van der Waals surface area contributed by atoms with E-state index < -0.39 is 0 Å². The van der Waals surface area contributed by atoms with Crippen LogP contribution in [0.25, 0.3) is 32.5 Å². The fourth-order valence-corrected chi connectivity index (χ4v) is 4.91. The fourth-order valence-electron chi connectivity index (χ4n) is 4.13. The predicted molar refractivity (Wildman–Crippen MR) is 138 cm³/mol. The molecule has 0 atom stereocenters. The van der Waals surface area contributed by atoms with Gasteiger partial charge in [0, 0.05) is 35.4 Å². The molecule has 0 radical (unpaired) electrons. The number of thiophene rings is 1. The van der Waals surface area contributed by atoms with Gasteiger partial charge < -0.3 is 15.4 Å². The summed E-state index contributed by atoms with van der Waals surface area (Å²) in [6.07, 6.45) is 1.80. The molecule has 5 aromatic rings. The van der Waals surface area contributed by atoms with Crippen molar-refractivity contribution in [2.24, 2.45) is 0 Å². The van der Waals surface area contributed by atoms with Gasteiger partial charge >= 0.3 is 0 Å². The summed E-state index contributed by atoms with van der Waals surface area (Å²) in [5, 5.41) is 16.5. The third-order valence-electron chi connectivity index (χ3n) is 5.88. The highest BCUT2D eigenvalue weighted by atomic mass is 32.1. The normalized spacial score (nSPS) is 14.4. The minimum atomic E-state index is -0.0461. The zero-order valence-corrected chi connectivity index (χ0v) is 19.6. The number of benzene rings is 2. The van der Waals surface area contributed by atoms with Crippen molar-refractivity contribution in [1.29, 1.82) is 0 Å². The summed E-state index contributed by atoms with van der Waals surface area (Å²) >= 11 is 1.59. The van der Waals surface area contributed by atoms with Crippen molar-refractivity contribution in [2.75, 3.05) is 43.5 Å². The van der Waals surface area contributed by atoms with Gasteiger partial charge in [0.15, 0.2) is 11.6 Å². The summed E-state index contributed by atoms with van der Waals surface area (Å²) in [6.45, 7) is 3.21. The first-order valence-electron chi connectivity index (χ1n) is 11.4. The maximum Gasteiger partial charge on any atom is 0.238 e. The Morgan fingerprint density at radius 2 is 2.00 bits per heavy atom. The fraction of sp³-hybridized carbons (Fsp3) is 0.200. The molecule has 1 aliphatic heterocycles. The van der Waals surface area contributed by atoms with Gasteiger partial charge in [-0.1, -0.05) is 12.1 Å². The molecule has 0 unspecified atom stereocenters. The van der Waals surface area contributed by atoms with E-state index in [2.05, 4.69) is 25.7 Å². The predicted octanol–water partition coefficient (Wildman–Crippen LogP) is 4.25. The smallest absolute Gasteiger partial charge is 0.238 e. The molecule has 176 valence electrons. The highest BCUT2D eigenvalue weighted by molar-refractivity contribution is 7.17. The lowest BCUT2D eigenvalue weighted by Gasteiger charge is -2.25. The summed E-state index contributed by atoms with van der Waals surface area (Å²) in [7, 11) is 0. The van der Waals surface area contributed by atoms with Gasteiger partial charge in [-0.05, 0) is 41.8 Å². The summed E-state index contributed by atoms with van der Waals surface area (Å²) in [5.41, 5.74) is 4.31. The summed E-state index contributed by atoms with van der Waals surface area (Å²) in [5.74, 6) is 1.28. The van der Waals surface area contributed by atoms with Crippen molar-refractivity contribution in [3.05, 3.63) is 60.1 Å². The molecule has 1 fully saturated rings. The van der Waals surface area contributed by atoms with Gasteiger partial charge in [0.2, 0.25) is 5.91 Å². The molecule has 0 saturated carbocycles. The molecule has 1 aliphatic rings. The van der Waals surface area contributed by atoms with Gasteiger partial charge in [-0.3, -0.25) is 14.8 Å². The van der Waals surface area contributed by atoms with Crippen LogP contribution in [-0.2, 0) is 9.53 Å². The van der Waals surface area contributed by atoms with Crippen LogP contribution in [0.2, 0.25) is 0 Å². The van der Waals surface area contributed by atoms with Crippen molar-refractivity contribution in [3.63, 3.8) is 0 Å². The molecular weight excluding hydrogens is 462 g/mol. The second kappa shape index (κ2) is 9.41. The van der Waals surface area contributed by atoms with Crippen LogP contribution in [0.3, 0.4) is 0 Å². The van der Waals surface area contributed by atoms with Gasteiger partial charge in [-0.25, -0.2) is 9.97 Å². The number of rotatable bonds is 6. The van der Waals surface area contributed by atoms with E-state index in [4.69, 9.17) is 14.7 Å². The molecule has 9 nitrogen and oxygen atoms in total. The number of aromatic amines is 1. The lowest BCUT2D eigenvalue weighted by Crippen LogP contribution is -2.41. The van der Waals surface area contributed by atoms with Crippen LogP contribution in [0.1, 0.15) is 0 Å². The highest BCUT2D eigenvalue weighted by Gasteiger charge is 2.15. The number of ether oxygens (including phenoxy) is 1. The second-order valence-corrected chi connectivity index (χ2v) is 9.26. The SMILES string of the molecule is O=C(CN1CCOCC1)Nc1cccc(-c2nc(Nc3ccc4[nH]ncc4c3)c3sccc3n2)c1. The molecule has 0 spiro atoms. The number of fused-ring (bicyclic) bond motifs is 2. The number of nitrogens with zero attached hydrogens (tertiary/aromatic N) is 4. The van der Waals surface area contributed by atoms with Gasteiger partial charge in [0.05, 0.1) is 41.7 Å². The number of hydrogen-bond donors (Lipinski definition) is 3. The van der Waals surface area contributed by atoms with Crippen LogP contribution < -0.4 is 10.6 Å². The molecule has 6 rings (SSSR count). The van der Waals surface area contributed by atoms with E-state index in [0.29, 0.717) is 25.6 Å². The molecule has 3 N–H and O–H groups in total. The van der Waals surface area contributed by atoms with Crippen LogP contribution in [0.4, 0.5) is 17.2 Å². The topological polar surface area (TPSA) is 108 Å². The molecule has 0 aliphatic carbocycles. The Kier molecular flexibility index (Phi) is 5.83. The number of aromatic nitrogens is 4. The molecule has 10 heteroatoms. The molecular formula is C25H23N7O2S. The van der Waals surface area contributed by atoms with Crippen molar-refractivity contribution in [2.45, 2.75) is 0 Å². The minimum absolute atomic E-state index is 0.0461. The summed E-state index contributed by atoms with van der Waals surface area (Å²) < 4.78 is 6.34. The molecule has 35 heavy (non-hydrogen) atoms. The zero-order valence-electron chi connectivity index (χ0n) is 18.8. The van der Waals surface area contributed by atoms with E-state index in [0.717, 1.165) is 57.0 Å². The largest absolute Gasteiger partial charge is 0.379 e. The molecule has 2 aromatic carbocycles. The Balaban J connectivity index is 1.26. The van der Waals surface area contributed by atoms with Gasteiger partial charge in [-0.2, -0.15) is 5.10 Å². The molecule has 0 bridgehead atoms. The summed E-state index contributed by atoms with van der Waals surface area (Å²) in [4.78, 5) is 24.3. The first-order valence-corrected chi connectivity index (χ1v) is 12.2. The molecule has 1 saturated heterocycles. The number of H-pyrrole nitrogens is 1. The van der Waals surface area contributed by atoms with Crippen molar-refractivity contribution in [3.8, 4) is 11.4 Å².